The highest BCUT2D eigenvalue weighted by atomic mass is 16.5. The van der Waals surface area contributed by atoms with Gasteiger partial charge in [-0.2, -0.15) is 10.5 Å². The zero-order chi connectivity index (χ0) is 15.1. The number of carbonyl (C=O) groups excluding carboxylic acids is 2. The molecule has 0 spiro atoms. The fraction of sp³-hybridized carbons (Fsp3) is 0.714. The Hall–Kier alpha value is -2.08. The van der Waals surface area contributed by atoms with E-state index in [-0.39, 0.29) is 11.8 Å². The Labute approximate surface area is 118 Å². The summed E-state index contributed by atoms with van der Waals surface area (Å²) < 4.78 is 9.24. The molecule has 1 rings (SSSR count). The van der Waals surface area contributed by atoms with Gasteiger partial charge in [0.05, 0.1) is 26.4 Å². The Morgan fingerprint density at radius 2 is 1.20 bits per heavy atom. The molecule has 0 bridgehead atoms. The van der Waals surface area contributed by atoms with E-state index in [1.807, 2.05) is 12.1 Å². The van der Waals surface area contributed by atoms with Gasteiger partial charge >= 0.3 is 11.9 Å². The molecule has 0 saturated heterocycles. The van der Waals surface area contributed by atoms with Crippen molar-refractivity contribution < 1.29 is 19.1 Å². The van der Waals surface area contributed by atoms with Gasteiger partial charge in [0.1, 0.15) is 11.8 Å². The first-order valence-electron chi connectivity index (χ1n) is 6.53. The largest absolute Gasteiger partial charge is 0.468 e. The van der Waals surface area contributed by atoms with E-state index in [1.54, 1.807) is 0 Å². The van der Waals surface area contributed by atoms with Crippen LogP contribution in [-0.2, 0) is 19.1 Å². The van der Waals surface area contributed by atoms with E-state index in [0.29, 0.717) is 25.7 Å². The molecule has 0 radical (unpaired) electrons. The molecule has 108 valence electrons. The first-order valence-corrected chi connectivity index (χ1v) is 6.53. The van der Waals surface area contributed by atoms with Crippen LogP contribution in [0.1, 0.15) is 25.7 Å². The van der Waals surface area contributed by atoms with Crippen LogP contribution in [0.25, 0.3) is 0 Å². The maximum atomic E-state index is 11.5. The fourth-order valence-corrected chi connectivity index (χ4v) is 2.77. The van der Waals surface area contributed by atoms with Crippen molar-refractivity contribution in [3.8, 4) is 12.1 Å². The van der Waals surface area contributed by atoms with E-state index in [1.165, 1.54) is 14.2 Å². The Balaban J connectivity index is 2.64. The topological polar surface area (TPSA) is 100 Å². The highest BCUT2D eigenvalue weighted by molar-refractivity contribution is 5.76. The Morgan fingerprint density at radius 3 is 1.40 bits per heavy atom. The van der Waals surface area contributed by atoms with Crippen molar-refractivity contribution in [3.05, 3.63) is 0 Å². The SMILES string of the molecule is COC(=O)C(C#N)C1CCC(C(C#N)C(=O)OC)CC1. The Bertz CT molecular complexity index is 399. The van der Waals surface area contributed by atoms with Crippen LogP contribution >= 0.6 is 0 Å². The summed E-state index contributed by atoms with van der Waals surface area (Å²) in [5.74, 6) is -2.69. The van der Waals surface area contributed by atoms with E-state index >= 15 is 0 Å². The summed E-state index contributed by atoms with van der Waals surface area (Å²) in [6.45, 7) is 0. The normalized spacial score (nSPS) is 24.6. The Morgan fingerprint density at radius 1 is 0.900 bits per heavy atom. The number of ether oxygens (including phenoxy) is 2. The molecule has 1 fully saturated rings. The van der Waals surface area contributed by atoms with Gasteiger partial charge in [-0.3, -0.25) is 9.59 Å². The lowest BCUT2D eigenvalue weighted by atomic mass is 9.72. The van der Waals surface area contributed by atoms with Gasteiger partial charge in [-0.15, -0.1) is 0 Å². The van der Waals surface area contributed by atoms with Crippen LogP contribution in [-0.4, -0.2) is 26.2 Å². The molecule has 6 heteroatoms. The van der Waals surface area contributed by atoms with E-state index in [0.717, 1.165) is 0 Å². The third-order valence-electron chi connectivity index (χ3n) is 3.95. The molecule has 0 aromatic heterocycles. The summed E-state index contributed by atoms with van der Waals surface area (Å²) in [5.41, 5.74) is 0. The predicted octanol–water partition coefficient (Wildman–Crippen LogP) is 1.42. The molecule has 0 aromatic rings. The van der Waals surface area contributed by atoms with Gasteiger partial charge in [-0.05, 0) is 37.5 Å². The minimum atomic E-state index is -0.764. The summed E-state index contributed by atoms with van der Waals surface area (Å²) in [4.78, 5) is 23.0. The van der Waals surface area contributed by atoms with Crippen molar-refractivity contribution in [2.45, 2.75) is 25.7 Å². The number of carbonyl (C=O) groups is 2. The Kier molecular flexibility index (Phi) is 5.99. The van der Waals surface area contributed by atoms with E-state index in [4.69, 9.17) is 10.5 Å². The first kappa shape index (κ1) is 16.0. The van der Waals surface area contributed by atoms with Crippen molar-refractivity contribution in [2.75, 3.05) is 14.2 Å². The standard InChI is InChI=1S/C14H18N2O4/c1-19-13(17)11(7-15)9-3-5-10(6-4-9)12(8-16)14(18)20-2/h9-12H,3-6H2,1-2H3. The van der Waals surface area contributed by atoms with Crippen molar-refractivity contribution in [2.24, 2.45) is 23.7 Å². The average Bonchev–Trinajstić information content (AvgIpc) is 2.49. The molecular formula is C14H18N2O4. The van der Waals surface area contributed by atoms with Gasteiger partial charge in [0.2, 0.25) is 0 Å². The lowest BCUT2D eigenvalue weighted by Gasteiger charge is -2.31. The van der Waals surface area contributed by atoms with Gasteiger partial charge in [0.15, 0.2) is 0 Å². The van der Waals surface area contributed by atoms with Gasteiger partial charge in [0, 0.05) is 0 Å². The molecule has 0 aliphatic heterocycles. The number of rotatable bonds is 4. The van der Waals surface area contributed by atoms with Crippen LogP contribution in [0.3, 0.4) is 0 Å². The number of nitrogens with zero attached hydrogens (tertiary/aromatic N) is 2. The van der Waals surface area contributed by atoms with Crippen molar-refractivity contribution in [3.63, 3.8) is 0 Å². The van der Waals surface area contributed by atoms with Crippen LogP contribution < -0.4 is 0 Å². The van der Waals surface area contributed by atoms with Crippen LogP contribution in [0.4, 0.5) is 0 Å². The first-order chi connectivity index (χ1) is 9.58. The summed E-state index contributed by atoms with van der Waals surface area (Å²) in [5, 5.41) is 18.1. The molecule has 0 amide bonds. The van der Waals surface area contributed by atoms with Gasteiger partial charge < -0.3 is 9.47 Å². The maximum Gasteiger partial charge on any atom is 0.323 e. The minimum absolute atomic E-state index is 0.0688. The van der Waals surface area contributed by atoms with Crippen molar-refractivity contribution in [1.29, 1.82) is 10.5 Å². The highest BCUT2D eigenvalue weighted by Crippen LogP contribution is 2.37. The molecule has 2 atom stereocenters. The molecule has 1 aliphatic rings. The highest BCUT2D eigenvalue weighted by Gasteiger charge is 2.37. The summed E-state index contributed by atoms with van der Waals surface area (Å²) in [6.07, 6.45) is 2.53. The smallest absolute Gasteiger partial charge is 0.323 e. The quantitative estimate of drug-likeness (QED) is 0.721. The second kappa shape index (κ2) is 7.49. The second-order valence-corrected chi connectivity index (χ2v) is 4.93. The monoisotopic (exact) mass is 278 g/mol. The lowest BCUT2D eigenvalue weighted by Crippen LogP contribution is -2.32. The molecule has 2 unspecified atom stereocenters. The molecule has 0 heterocycles. The number of esters is 2. The molecule has 6 nitrogen and oxygen atoms in total. The minimum Gasteiger partial charge on any atom is -0.468 e. The zero-order valence-corrected chi connectivity index (χ0v) is 11.7. The van der Waals surface area contributed by atoms with Gasteiger partial charge in [-0.1, -0.05) is 0 Å². The van der Waals surface area contributed by atoms with E-state index in [2.05, 4.69) is 9.47 Å². The zero-order valence-electron chi connectivity index (χ0n) is 11.7. The third-order valence-corrected chi connectivity index (χ3v) is 3.95. The second-order valence-electron chi connectivity index (χ2n) is 4.93. The molecular weight excluding hydrogens is 260 g/mol. The fourth-order valence-electron chi connectivity index (χ4n) is 2.77. The number of hydrogen-bond acceptors (Lipinski definition) is 6. The van der Waals surface area contributed by atoms with Crippen LogP contribution in [0, 0.1) is 46.3 Å². The van der Waals surface area contributed by atoms with Crippen LogP contribution in [0.15, 0.2) is 0 Å². The molecule has 0 aromatic carbocycles. The van der Waals surface area contributed by atoms with Crippen molar-refractivity contribution in [1.82, 2.24) is 0 Å². The van der Waals surface area contributed by atoms with Crippen LogP contribution in [0.5, 0.6) is 0 Å². The van der Waals surface area contributed by atoms with Crippen LogP contribution in [0.2, 0.25) is 0 Å². The number of hydrogen-bond donors (Lipinski definition) is 0. The number of nitriles is 2. The predicted molar refractivity (Wildman–Crippen MR) is 67.7 cm³/mol. The third kappa shape index (κ3) is 3.48. The van der Waals surface area contributed by atoms with E-state index < -0.39 is 23.8 Å². The molecule has 1 saturated carbocycles. The number of methoxy groups -OCH3 is 2. The average molecular weight is 278 g/mol. The van der Waals surface area contributed by atoms with Gasteiger partial charge in [-0.25, -0.2) is 0 Å². The van der Waals surface area contributed by atoms with Gasteiger partial charge in [0.25, 0.3) is 0 Å². The summed E-state index contributed by atoms with van der Waals surface area (Å²) in [6, 6.07) is 3.97. The summed E-state index contributed by atoms with van der Waals surface area (Å²) in [7, 11) is 2.53. The lowest BCUT2D eigenvalue weighted by molar-refractivity contribution is -0.148. The van der Waals surface area contributed by atoms with Crippen molar-refractivity contribution >= 4 is 11.9 Å². The summed E-state index contributed by atoms with van der Waals surface area (Å²) >= 11 is 0. The molecule has 20 heavy (non-hydrogen) atoms. The molecule has 0 N–H and O–H groups in total. The molecule has 1 aliphatic carbocycles. The maximum absolute atomic E-state index is 11.5. The van der Waals surface area contributed by atoms with E-state index in [9.17, 15) is 9.59 Å².